The lowest BCUT2D eigenvalue weighted by atomic mass is 10.0. The molecule has 3 aromatic heterocycles. The standard InChI is InChI=1S/C29H20ClF3N4O4S/c1-13-8-20(26-25(35-13)23(28(39)40)14(2)42-26)19-11-18(30)4-5-22(19)41-7-6-37-15(3)36-21-10-17(29(31,32)33)9-16(12-34)24(21)27(37)38/h4-5,8-11H,6-7H2,1-3H3,(H,39,40). The topological polar surface area (TPSA) is 118 Å². The minimum atomic E-state index is -4.70. The number of aromatic nitrogens is 3. The van der Waals surface area contributed by atoms with Crippen molar-refractivity contribution in [3.05, 3.63) is 84.9 Å². The Labute approximate surface area is 245 Å². The molecule has 0 unspecified atom stereocenters. The van der Waals surface area contributed by atoms with Crippen LogP contribution < -0.4 is 10.3 Å². The molecule has 2 aromatic carbocycles. The predicted octanol–water partition coefficient (Wildman–Crippen LogP) is 6.92. The number of ether oxygens (including phenoxy) is 1. The van der Waals surface area contributed by atoms with E-state index in [0.29, 0.717) is 48.8 Å². The van der Waals surface area contributed by atoms with Crippen molar-refractivity contribution >= 4 is 50.0 Å². The van der Waals surface area contributed by atoms with Crippen LogP contribution in [0.3, 0.4) is 0 Å². The first-order valence-electron chi connectivity index (χ1n) is 12.4. The van der Waals surface area contributed by atoms with Gasteiger partial charge in [-0.3, -0.25) is 14.3 Å². The second-order valence-electron chi connectivity index (χ2n) is 9.46. The van der Waals surface area contributed by atoms with Gasteiger partial charge in [-0.15, -0.1) is 11.3 Å². The van der Waals surface area contributed by atoms with Crippen LogP contribution in [0.5, 0.6) is 5.75 Å². The predicted molar refractivity (Wildman–Crippen MR) is 152 cm³/mol. The average Bonchev–Trinajstić information content (AvgIpc) is 3.25. The Morgan fingerprint density at radius 1 is 1.14 bits per heavy atom. The number of fused-ring (bicyclic) bond motifs is 2. The first-order valence-corrected chi connectivity index (χ1v) is 13.6. The zero-order valence-corrected chi connectivity index (χ0v) is 23.8. The van der Waals surface area contributed by atoms with E-state index < -0.39 is 28.8 Å². The Morgan fingerprint density at radius 2 is 1.88 bits per heavy atom. The normalized spacial score (nSPS) is 11.7. The van der Waals surface area contributed by atoms with Gasteiger partial charge in [-0.1, -0.05) is 11.6 Å². The van der Waals surface area contributed by atoms with E-state index in [4.69, 9.17) is 16.3 Å². The number of benzene rings is 2. The Kier molecular flexibility index (Phi) is 7.42. The molecule has 0 atom stereocenters. The number of alkyl halides is 3. The van der Waals surface area contributed by atoms with Gasteiger partial charge in [0.05, 0.1) is 44.4 Å². The summed E-state index contributed by atoms with van der Waals surface area (Å²) in [6.07, 6.45) is -4.70. The number of hydrogen-bond donors (Lipinski definition) is 1. The van der Waals surface area contributed by atoms with Crippen LogP contribution in [0.25, 0.3) is 32.2 Å². The summed E-state index contributed by atoms with van der Waals surface area (Å²) in [6.45, 7) is 4.89. The van der Waals surface area contributed by atoms with Gasteiger partial charge < -0.3 is 9.84 Å². The summed E-state index contributed by atoms with van der Waals surface area (Å²) in [5, 5.41) is 19.4. The van der Waals surface area contributed by atoms with Crippen molar-refractivity contribution in [1.29, 1.82) is 5.26 Å². The van der Waals surface area contributed by atoms with Gasteiger partial charge in [-0.2, -0.15) is 18.4 Å². The molecule has 42 heavy (non-hydrogen) atoms. The molecule has 0 aliphatic heterocycles. The molecule has 5 aromatic rings. The molecule has 0 radical (unpaired) electrons. The maximum Gasteiger partial charge on any atom is 0.416 e. The van der Waals surface area contributed by atoms with Gasteiger partial charge in [-0.05, 0) is 57.2 Å². The lowest BCUT2D eigenvalue weighted by Gasteiger charge is -2.16. The van der Waals surface area contributed by atoms with E-state index in [0.717, 1.165) is 6.07 Å². The highest BCUT2D eigenvalue weighted by Crippen LogP contribution is 2.42. The van der Waals surface area contributed by atoms with E-state index in [1.165, 1.54) is 22.8 Å². The third-order valence-electron chi connectivity index (χ3n) is 6.66. The molecule has 0 fully saturated rings. The van der Waals surface area contributed by atoms with Gasteiger partial charge in [0.25, 0.3) is 5.56 Å². The Hall–Kier alpha value is -4.47. The molecule has 0 saturated carbocycles. The van der Waals surface area contributed by atoms with Crippen LogP contribution in [0.2, 0.25) is 5.02 Å². The summed E-state index contributed by atoms with van der Waals surface area (Å²) in [5.41, 5.74) is -0.0231. The SMILES string of the molecule is Cc1cc(-c2cc(Cl)ccc2OCCn2c(C)nc3cc(C(F)(F)F)cc(C#N)c3c2=O)c2sc(C)c(C(=O)O)c2n1. The highest BCUT2D eigenvalue weighted by Gasteiger charge is 2.32. The molecule has 3 heterocycles. The smallest absolute Gasteiger partial charge is 0.416 e. The second kappa shape index (κ2) is 10.7. The van der Waals surface area contributed by atoms with E-state index in [-0.39, 0.29) is 35.4 Å². The number of hydrogen-bond acceptors (Lipinski definition) is 7. The number of carboxylic acids is 1. The number of carboxylic acid groups (broad SMARTS) is 1. The van der Waals surface area contributed by atoms with Crippen molar-refractivity contribution < 1.29 is 27.8 Å². The summed E-state index contributed by atoms with van der Waals surface area (Å²) < 4.78 is 47.9. The van der Waals surface area contributed by atoms with E-state index in [1.54, 1.807) is 38.1 Å². The second-order valence-corrected chi connectivity index (χ2v) is 11.1. The van der Waals surface area contributed by atoms with E-state index in [1.807, 2.05) is 6.07 Å². The average molecular weight is 613 g/mol. The Balaban J connectivity index is 1.52. The molecule has 0 aliphatic rings. The number of thiophene rings is 1. The van der Waals surface area contributed by atoms with Crippen LogP contribution in [0.1, 0.15) is 37.9 Å². The van der Waals surface area contributed by atoms with Gasteiger partial charge >= 0.3 is 12.1 Å². The molecule has 13 heteroatoms. The van der Waals surface area contributed by atoms with Crippen molar-refractivity contribution in [2.24, 2.45) is 0 Å². The number of halogens is 4. The van der Waals surface area contributed by atoms with Crippen molar-refractivity contribution in [3.8, 4) is 22.9 Å². The molecule has 0 spiro atoms. The van der Waals surface area contributed by atoms with Gasteiger partial charge in [0.15, 0.2) is 0 Å². The van der Waals surface area contributed by atoms with Crippen LogP contribution in [0.15, 0.2) is 41.2 Å². The minimum absolute atomic E-state index is 0.0202. The maximum atomic E-state index is 13.3. The molecule has 1 N–H and O–H groups in total. The molecule has 0 aliphatic carbocycles. The highest BCUT2D eigenvalue weighted by molar-refractivity contribution is 7.20. The van der Waals surface area contributed by atoms with Crippen molar-refractivity contribution in [2.45, 2.75) is 33.5 Å². The number of pyridine rings is 1. The molecule has 0 bridgehead atoms. The lowest BCUT2D eigenvalue weighted by Crippen LogP contribution is -2.27. The van der Waals surface area contributed by atoms with E-state index in [2.05, 4.69) is 9.97 Å². The van der Waals surface area contributed by atoms with Crippen LogP contribution in [0.4, 0.5) is 13.2 Å². The third kappa shape index (κ3) is 5.17. The van der Waals surface area contributed by atoms with E-state index in [9.17, 15) is 33.1 Å². The monoisotopic (exact) mass is 612 g/mol. The quantitative estimate of drug-likeness (QED) is 0.221. The molecule has 8 nitrogen and oxygen atoms in total. The van der Waals surface area contributed by atoms with Gasteiger partial charge in [0.1, 0.15) is 24.3 Å². The summed E-state index contributed by atoms with van der Waals surface area (Å²) in [7, 11) is 0. The Morgan fingerprint density at radius 3 is 2.55 bits per heavy atom. The van der Waals surface area contributed by atoms with Crippen LogP contribution in [-0.4, -0.2) is 32.2 Å². The molecule has 0 amide bonds. The van der Waals surface area contributed by atoms with Crippen LogP contribution >= 0.6 is 22.9 Å². The molecular weight excluding hydrogens is 593 g/mol. The van der Waals surface area contributed by atoms with Crippen molar-refractivity contribution in [1.82, 2.24) is 14.5 Å². The fourth-order valence-electron chi connectivity index (χ4n) is 4.81. The van der Waals surface area contributed by atoms with Gasteiger partial charge in [-0.25, -0.2) is 9.78 Å². The minimum Gasteiger partial charge on any atom is -0.491 e. The van der Waals surface area contributed by atoms with Crippen LogP contribution in [0, 0.1) is 32.1 Å². The largest absolute Gasteiger partial charge is 0.491 e. The van der Waals surface area contributed by atoms with Crippen LogP contribution in [-0.2, 0) is 12.7 Å². The third-order valence-corrected chi connectivity index (χ3v) is 8.02. The number of nitrogens with zero attached hydrogens (tertiary/aromatic N) is 4. The summed E-state index contributed by atoms with van der Waals surface area (Å²) in [6, 6.07) is 9.84. The zero-order chi connectivity index (χ0) is 30.5. The fraction of sp³-hybridized carbons (Fsp3) is 0.207. The van der Waals surface area contributed by atoms with Crippen molar-refractivity contribution in [3.63, 3.8) is 0 Å². The summed E-state index contributed by atoms with van der Waals surface area (Å²) >= 11 is 7.62. The summed E-state index contributed by atoms with van der Waals surface area (Å²) in [4.78, 5) is 34.4. The molecule has 0 saturated heterocycles. The van der Waals surface area contributed by atoms with Gasteiger partial charge in [0.2, 0.25) is 0 Å². The van der Waals surface area contributed by atoms with E-state index >= 15 is 0 Å². The van der Waals surface area contributed by atoms with Crippen molar-refractivity contribution in [2.75, 3.05) is 6.61 Å². The maximum absolute atomic E-state index is 13.3. The number of carbonyl (C=O) groups is 1. The zero-order valence-electron chi connectivity index (χ0n) is 22.3. The first-order chi connectivity index (χ1) is 19.8. The lowest BCUT2D eigenvalue weighted by molar-refractivity contribution is -0.137. The highest BCUT2D eigenvalue weighted by atomic mass is 35.5. The molecular formula is C29H20ClF3N4O4S. The Bertz CT molecular complexity index is 2030. The number of rotatable bonds is 6. The first kappa shape index (κ1) is 29.0. The number of nitriles is 1. The number of aryl methyl sites for hydroxylation is 3. The number of aromatic carboxylic acids is 1. The van der Waals surface area contributed by atoms with Gasteiger partial charge in [0, 0.05) is 26.7 Å². The summed E-state index contributed by atoms with van der Waals surface area (Å²) in [5.74, 6) is -0.525. The molecule has 214 valence electrons. The fourth-order valence-corrected chi connectivity index (χ4v) is 6.10. The molecule has 5 rings (SSSR count).